The van der Waals surface area contributed by atoms with Crippen LogP contribution in [-0.2, 0) is 19.1 Å². The summed E-state index contributed by atoms with van der Waals surface area (Å²) < 4.78 is 11.4. The first-order chi connectivity index (χ1) is 15.0. The Bertz CT molecular complexity index is 551. The highest BCUT2D eigenvalue weighted by Gasteiger charge is 2.36. The van der Waals surface area contributed by atoms with E-state index in [2.05, 4.69) is 41.5 Å². The molecular formula is C26H46O6. The summed E-state index contributed by atoms with van der Waals surface area (Å²) in [5.74, 6) is 1.45. The number of carbonyl (C=O) groups is 2. The van der Waals surface area contributed by atoms with Gasteiger partial charge in [-0.05, 0) is 61.2 Å². The van der Waals surface area contributed by atoms with E-state index in [1.165, 1.54) is 0 Å². The van der Waals surface area contributed by atoms with Crippen molar-refractivity contribution in [3.8, 4) is 0 Å². The number of hydrogen-bond donors (Lipinski definition) is 2. The zero-order chi connectivity index (χ0) is 24.0. The van der Waals surface area contributed by atoms with Crippen molar-refractivity contribution in [1.29, 1.82) is 0 Å². The molecule has 0 aromatic carbocycles. The average molecular weight is 455 g/mol. The first-order valence-corrected chi connectivity index (χ1v) is 12.7. The van der Waals surface area contributed by atoms with Crippen LogP contribution in [0.25, 0.3) is 0 Å². The summed E-state index contributed by atoms with van der Waals surface area (Å²) in [6.07, 6.45) is 2.36. The summed E-state index contributed by atoms with van der Waals surface area (Å²) in [7, 11) is 0. The highest BCUT2D eigenvalue weighted by molar-refractivity contribution is 5.72. The van der Waals surface area contributed by atoms with Crippen molar-refractivity contribution in [2.45, 2.75) is 117 Å². The lowest BCUT2D eigenvalue weighted by molar-refractivity contribution is -0.165. The zero-order valence-corrected chi connectivity index (χ0v) is 21.0. The fourth-order valence-corrected chi connectivity index (χ4v) is 5.55. The molecule has 0 aromatic heterocycles. The predicted molar refractivity (Wildman–Crippen MR) is 124 cm³/mol. The van der Waals surface area contributed by atoms with Gasteiger partial charge in [-0.1, -0.05) is 54.4 Å². The molecule has 8 atom stereocenters. The Balaban J connectivity index is 1.82. The Hall–Kier alpha value is -1.14. The molecule has 2 aliphatic rings. The molecule has 0 unspecified atom stereocenters. The van der Waals surface area contributed by atoms with E-state index in [-0.39, 0.29) is 25.0 Å². The van der Waals surface area contributed by atoms with Gasteiger partial charge >= 0.3 is 11.9 Å². The van der Waals surface area contributed by atoms with Crippen molar-refractivity contribution >= 4 is 11.9 Å². The van der Waals surface area contributed by atoms with Crippen molar-refractivity contribution in [3.05, 3.63) is 0 Å². The number of ether oxygens (including phenoxy) is 2. The van der Waals surface area contributed by atoms with Crippen LogP contribution < -0.4 is 0 Å². The summed E-state index contributed by atoms with van der Waals surface area (Å²) >= 11 is 0. The molecule has 0 aromatic rings. The fraction of sp³-hybridized carbons (Fsp3) is 0.923. The van der Waals surface area contributed by atoms with E-state index in [0.29, 0.717) is 35.5 Å². The molecule has 0 amide bonds. The Labute approximate surface area is 194 Å². The molecule has 0 saturated heterocycles. The van der Waals surface area contributed by atoms with Crippen molar-refractivity contribution in [2.24, 2.45) is 35.5 Å². The van der Waals surface area contributed by atoms with E-state index in [1.54, 1.807) is 0 Å². The smallest absolute Gasteiger partial charge is 0.308 e. The molecule has 6 heteroatoms. The monoisotopic (exact) mass is 454 g/mol. The molecular weight excluding hydrogens is 408 g/mol. The quantitative estimate of drug-likeness (QED) is 0.499. The molecule has 186 valence electrons. The minimum absolute atomic E-state index is 0.151. The van der Waals surface area contributed by atoms with Gasteiger partial charge in [0, 0.05) is 0 Å². The lowest BCUT2D eigenvalue weighted by Gasteiger charge is -2.37. The molecule has 0 heterocycles. The molecule has 2 fully saturated rings. The normalized spacial score (nSPS) is 33.1. The number of rotatable bonds is 9. The Morgan fingerprint density at radius 2 is 1.06 bits per heavy atom. The lowest BCUT2D eigenvalue weighted by Crippen LogP contribution is -2.39. The summed E-state index contributed by atoms with van der Waals surface area (Å²) in [5, 5.41) is 20.6. The lowest BCUT2D eigenvalue weighted by atomic mass is 9.75. The van der Waals surface area contributed by atoms with Crippen LogP contribution in [0, 0.1) is 35.5 Å². The average Bonchev–Trinajstić information content (AvgIpc) is 2.67. The van der Waals surface area contributed by atoms with Gasteiger partial charge in [0.25, 0.3) is 0 Å². The largest absolute Gasteiger partial charge is 0.462 e. The van der Waals surface area contributed by atoms with Crippen LogP contribution in [0.3, 0.4) is 0 Å². The summed E-state index contributed by atoms with van der Waals surface area (Å²) in [5.41, 5.74) is 0. The van der Waals surface area contributed by atoms with Gasteiger partial charge in [-0.3, -0.25) is 9.59 Å². The maximum Gasteiger partial charge on any atom is 0.308 e. The van der Waals surface area contributed by atoms with Crippen LogP contribution in [-0.4, -0.2) is 46.6 Å². The number of esters is 2. The SMILES string of the molecule is CC(C)[C@@H]1CC[C@@H](C)C[C@H]1OC(=O)C[C@@H](O)[C@H](O)CC(=O)O[C@@H]1C[C@H](C)CC[C@H]1C(C)C. The van der Waals surface area contributed by atoms with Crippen LogP contribution in [0.1, 0.15) is 92.9 Å². The molecule has 0 radical (unpaired) electrons. The first-order valence-electron chi connectivity index (χ1n) is 12.7. The Morgan fingerprint density at radius 3 is 1.38 bits per heavy atom. The van der Waals surface area contributed by atoms with E-state index in [0.717, 1.165) is 38.5 Å². The third-order valence-corrected chi connectivity index (χ3v) is 7.68. The van der Waals surface area contributed by atoms with Gasteiger partial charge in [0.05, 0.1) is 25.0 Å². The predicted octanol–water partition coefficient (Wildman–Crippen LogP) is 4.50. The summed E-state index contributed by atoms with van der Waals surface area (Å²) in [6, 6.07) is 0. The van der Waals surface area contributed by atoms with Crippen LogP contribution in [0.15, 0.2) is 0 Å². The molecule has 0 bridgehead atoms. The number of aliphatic hydroxyl groups excluding tert-OH is 2. The van der Waals surface area contributed by atoms with Crippen molar-refractivity contribution < 1.29 is 29.3 Å². The third-order valence-electron chi connectivity index (χ3n) is 7.68. The molecule has 2 saturated carbocycles. The van der Waals surface area contributed by atoms with Crippen molar-refractivity contribution in [3.63, 3.8) is 0 Å². The second-order valence-corrected chi connectivity index (χ2v) is 11.3. The zero-order valence-electron chi connectivity index (χ0n) is 21.0. The van der Waals surface area contributed by atoms with Gasteiger partial charge in [0.1, 0.15) is 12.2 Å². The fourth-order valence-electron chi connectivity index (χ4n) is 5.55. The first kappa shape index (κ1) is 27.1. The minimum Gasteiger partial charge on any atom is -0.462 e. The van der Waals surface area contributed by atoms with Gasteiger partial charge in [-0.2, -0.15) is 0 Å². The van der Waals surface area contributed by atoms with E-state index in [9.17, 15) is 19.8 Å². The van der Waals surface area contributed by atoms with E-state index >= 15 is 0 Å². The van der Waals surface area contributed by atoms with Crippen LogP contribution in [0.4, 0.5) is 0 Å². The topological polar surface area (TPSA) is 93.1 Å². The molecule has 2 N–H and O–H groups in total. The molecule has 2 aliphatic carbocycles. The molecule has 2 rings (SSSR count). The second kappa shape index (κ2) is 12.4. The molecule has 0 spiro atoms. The van der Waals surface area contributed by atoms with Crippen LogP contribution in [0.5, 0.6) is 0 Å². The Morgan fingerprint density at radius 1 is 0.719 bits per heavy atom. The second-order valence-electron chi connectivity index (χ2n) is 11.3. The van der Waals surface area contributed by atoms with Gasteiger partial charge in [0.15, 0.2) is 0 Å². The van der Waals surface area contributed by atoms with E-state index in [4.69, 9.17) is 9.47 Å². The van der Waals surface area contributed by atoms with Crippen LogP contribution in [0.2, 0.25) is 0 Å². The third kappa shape index (κ3) is 8.02. The van der Waals surface area contributed by atoms with Gasteiger partial charge in [0.2, 0.25) is 0 Å². The maximum absolute atomic E-state index is 12.4. The van der Waals surface area contributed by atoms with Gasteiger partial charge in [-0.15, -0.1) is 0 Å². The van der Waals surface area contributed by atoms with Crippen molar-refractivity contribution in [2.75, 3.05) is 0 Å². The summed E-state index contributed by atoms with van der Waals surface area (Å²) in [4.78, 5) is 24.9. The highest BCUT2D eigenvalue weighted by atomic mass is 16.5. The minimum atomic E-state index is -1.35. The standard InChI is InChI=1S/C26H46O6/c1-15(2)19-9-7-17(5)11-23(19)31-25(29)13-21(27)22(28)14-26(30)32-24-12-18(6)8-10-20(24)16(3)4/h15-24,27-28H,7-14H2,1-6H3/t17-,18-,19+,20+,21-,22-,23-,24-/m1/s1. The molecule has 6 nitrogen and oxygen atoms in total. The van der Waals surface area contributed by atoms with Gasteiger partial charge < -0.3 is 19.7 Å². The number of carbonyl (C=O) groups excluding carboxylic acids is 2. The van der Waals surface area contributed by atoms with Gasteiger partial charge in [-0.25, -0.2) is 0 Å². The molecule has 32 heavy (non-hydrogen) atoms. The van der Waals surface area contributed by atoms with Crippen molar-refractivity contribution in [1.82, 2.24) is 0 Å². The number of aliphatic hydroxyl groups is 2. The van der Waals surface area contributed by atoms with E-state index in [1.807, 2.05) is 0 Å². The van der Waals surface area contributed by atoms with Crippen LogP contribution >= 0.6 is 0 Å². The number of hydrogen-bond acceptors (Lipinski definition) is 6. The van der Waals surface area contributed by atoms with E-state index < -0.39 is 24.1 Å². The highest BCUT2D eigenvalue weighted by Crippen LogP contribution is 2.36. The maximum atomic E-state index is 12.4. The summed E-state index contributed by atoms with van der Waals surface area (Å²) in [6.45, 7) is 12.9. The molecule has 0 aliphatic heterocycles. The Kier molecular flexibility index (Phi) is 10.5.